The van der Waals surface area contributed by atoms with E-state index in [-0.39, 0.29) is 0 Å². The maximum absolute atomic E-state index is 3.58. The molecule has 0 aliphatic carbocycles. The van der Waals surface area contributed by atoms with Gasteiger partial charge in [0.15, 0.2) is 0 Å². The third kappa shape index (κ3) is 3.79. The fraction of sp³-hybridized carbons (Fsp3) is 0.286. The molecule has 1 N–H and O–H groups in total. The second-order valence-corrected chi connectivity index (χ2v) is 7.14. The van der Waals surface area contributed by atoms with Crippen LogP contribution in [0.25, 0.3) is 0 Å². The summed E-state index contributed by atoms with van der Waals surface area (Å²) in [5.74, 6) is 0. The predicted molar refractivity (Wildman–Crippen MR) is 91.3 cm³/mol. The van der Waals surface area contributed by atoms with Crippen LogP contribution in [0.3, 0.4) is 0 Å². The summed E-state index contributed by atoms with van der Waals surface area (Å²) >= 11 is 7.75. The molecule has 0 saturated carbocycles. The SMILES string of the molecule is CCNC(Cc1cc(Br)cs1)c1ccccc1I. The van der Waals surface area contributed by atoms with E-state index in [0.29, 0.717) is 6.04 Å². The monoisotopic (exact) mass is 435 g/mol. The summed E-state index contributed by atoms with van der Waals surface area (Å²) in [6.07, 6.45) is 1.05. The van der Waals surface area contributed by atoms with E-state index in [2.05, 4.69) is 86.5 Å². The fourth-order valence-corrected chi connectivity index (χ4v) is 4.22. The summed E-state index contributed by atoms with van der Waals surface area (Å²) in [7, 11) is 0. The normalized spacial score (nSPS) is 12.6. The van der Waals surface area contributed by atoms with Crippen LogP contribution in [0.4, 0.5) is 0 Å². The van der Waals surface area contributed by atoms with Gasteiger partial charge in [-0.2, -0.15) is 0 Å². The largest absolute Gasteiger partial charge is 0.310 e. The number of hydrogen-bond donors (Lipinski definition) is 1. The maximum Gasteiger partial charge on any atom is 0.0379 e. The van der Waals surface area contributed by atoms with E-state index in [4.69, 9.17) is 0 Å². The second kappa shape index (κ2) is 7.03. The Hall–Kier alpha value is 0.0900. The molecule has 0 fully saturated rings. The van der Waals surface area contributed by atoms with Crippen molar-refractivity contribution in [1.29, 1.82) is 0 Å². The van der Waals surface area contributed by atoms with Crippen LogP contribution in [0.2, 0.25) is 0 Å². The van der Waals surface area contributed by atoms with E-state index in [0.717, 1.165) is 13.0 Å². The minimum Gasteiger partial charge on any atom is -0.310 e. The maximum atomic E-state index is 3.58. The topological polar surface area (TPSA) is 12.0 Å². The first-order valence-corrected chi connectivity index (χ1v) is 8.66. The highest BCUT2D eigenvalue weighted by Crippen LogP contribution is 2.27. The summed E-state index contributed by atoms with van der Waals surface area (Å²) in [6, 6.07) is 11.2. The average molecular weight is 436 g/mol. The van der Waals surface area contributed by atoms with Crippen LogP contribution in [0.5, 0.6) is 0 Å². The van der Waals surface area contributed by atoms with Gasteiger partial charge in [-0.05, 0) is 62.8 Å². The Balaban J connectivity index is 2.20. The number of benzene rings is 1. The van der Waals surface area contributed by atoms with Crippen LogP contribution >= 0.6 is 49.9 Å². The quantitative estimate of drug-likeness (QED) is 0.651. The third-order valence-electron chi connectivity index (χ3n) is 2.76. The van der Waals surface area contributed by atoms with E-state index in [9.17, 15) is 0 Å². The van der Waals surface area contributed by atoms with Gasteiger partial charge in [0.2, 0.25) is 0 Å². The molecule has 0 amide bonds. The molecule has 96 valence electrons. The van der Waals surface area contributed by atoms with Crippen molar-refractivity contribution in [3.05, 3.63) is 54.2 Å². The Kier molecular flexibility index (Phi) is 5.66. The molecule has 0 radical (unpaired) electrons. The van der Waals surface area contributed by atoms with Crippen LogP contribution in [-0.4, -0.2) is 6.54 Å². The summed E-state index contributed by atoms with van der Waals surface area (Å²) < 4.78 is 2.51. The molecular weight excluding hydrogens is 421 g/mol. The zero-order valence-corrected chi connectivity index (χ0v) is 14.7. The first-order chi connectivity index (χ1) is 8.70. The molecule has 1 heterocycles. The molecule has 1 atom stereocenters. The van der Waals surface area contributed by atoms with Gasteiger partial charge in [-0.25, -0.2) is 0 Å². The van der Waals surface area contributed by atoms with Crippen LogP contribution in [0.1, 0.15) is 23.4 Å². The lowest BCUT2D eigenvalue weighted by Crippen LogP contribution is -2.23. The van der Waals surface area contributed by atoms with Crippen molar-refractivity contribution in [2.24, 2.45) is 0 Å². The smallest absolute Gasteiger partial charge is 0.0379 e. The van der Waals surface area contributed by atoms with Crippen molar-refractivity contribution in [2.75, 3.05) is 6.54 Å². The van der Waals surface area contributed by atoms with Crippen LogP contribution in [0, 0.1) is 3.57 Å². The fourth-order valence-electron chi connectivity index (χ4n) is 1.96. The molecule has 0 aliphatic heterocycles. The minimum absolute atomic E-state index is 0.397. The summed E-state index contributed by atoms with van der Waals surface area (Å²) in [4.78, 5) is 1.41. The number of halogens is 2. The Morgan fingerprint density at radius 2 is 2.17 bits per heavy atom. The Morgan fingerprint density at radius 3 is 2.78 bits per heavy atom. The van der Waals surface area contributed by atoms with Crippen molar-refractivity contribution in [1.82, 2.24) is 5.32 Å². The molecule has 1 aromatic carbocycles. The second-order valence-electron chi connectivity index (χ2n) is 4.07. The van der Waals surface area contributed by atoms with Gasteiger partial charge in [0, 0.05) is 30.8 Å². The molecule has 1 aromatic heterocycles. The van der Waals surface area contributed by atoms with Crippen LogP contribution in [-0.2, 0) is 6.42 Å². The van der Waals surface area contributed by atoms with Crippen molar-refractivity contribution in [3.63, 3.8) is 0 Å². The highest BCUT2D eigenvalue weighted by molar-refractivity contribution is 14.1. The Bertz CT molecular complexity index is 512. The number of hydrogen-bond acceptors (Lipinski definition) is 2. The Morgan fingerprint density at radius 1 is 1.39 bits per heavy atom. The van der Waals surface area contributed by atoms with E-state index < -0.39 is 0 Å². The van der Waals surface area contributed by atoms with Crippen LogP contribution < -0.4 is 5.32 Å². The van der Waals surface area contributed by atoms with E-state index >= 15 is 0 Å². The van der Waals surface area contributed by atoms with Gasteiger partial charge in [0.1, 0.15) is 0 Å². The number of rotatable bonds is 5. The summed E-state index contributed by atoms with van der Waals surface area (Å²) in [5, 5.41) is 5.73. The van der Waals surface area contributed by atoms with Gasteiger partial charge >= 0.3 is 0 Å². The summed E-state index contributed by atoms with van der Waals surface area (Å²) in [6.45, 7) is 3.15. The van der Waals surface area contributed by atoms with E-state index in [1.54, 1.807) is 0 Å². The van der Waals surface area contributed by atoms with Crippen molar-refractivity contribution in [3.8, 4) is 0 Å². The van der Waals surface area contributed by atoms with Crippen molar-refractivity contribution >= 4 is 49.9 Å². The first kappa shape index (κ1) is 14.5. The lowest BCUT2D eigenvalue weighted by atomic mass is 10.0. The van der Waals surface area contributed by atoms with Gasteiger partial charge < -0.3 is 5.32 Å². The number of likely N-dealkylation sites (N-methyl/N-ethyl adjacent to an activating group) is 1. The van der Waals surface area contributed by atoms with Crippen molar-refractivity contribution < 1.29 is 0 Å². The zero-order chi connectivity index (χ0) is 13.0. The molecule has 18 heavy (non-hydrogen) atoms. The molecule has 2 aromatic rings. The molecular formula is C14H15BrINS. The molecule has 0 bridgehead atoms. The standard InChI is InChI=1S/C14H15BrINS/c1-2-17-14(8-11-7-10(15)9-18-11)12-5-3-4-6-13(12)16/h3-7,9,14,17H,2,8H2,1H3. The van der Waals surface area contributed by atoms with Crippen molar-refractivity contribution in [2.45, 2.75) is 19.4 Å². The highest BCUT2D eigenvalue weighted by atomic mass is 127. The van der Waals surface area contributed by atoms with E-state index in [1.165, 1.54) is 18.5 Å². The van der Waals surface area contributed by atoms with Crippen LogP contribution in [0.15, 0.2) is 40.2 Å². The van der Waals surface area contributed by atoms with Gasteiger partial charge in [-0.1, -0.05) is 25.1 Å². The van der Waals surface area contributed by atoms with Gasteiger partial charge in [-0.3, -0.25) is 0 Å². The third-order valence-corrected chi connectivity index (χ3v) is 5.46. The lowest BCUT2D eigenvalue weighted by Gasteiger charge is -2.19. The first-order valence-electron chi connectivity index (χ1n) is 5.91. The number of thiophene rings is 1. The highest BCUT2D eigenvalue weighted by Gasteiger charge is 2.14. The summed E-state index contributed by atoms with van der Waals surface area (Å²) in [5.41, 5.74) is 1.39. The van der Waals surface area contributed by atoms with E-state index in [1.807, 2.05) is 11.3 Å². The van der Waals surface area contributed by atoms with Gasteiger partial charge in [-0.15, -0.1) is 11.3 Å². The van der Waals surface area contributed by atoms with Gasteiger partial charge in [0.05, 0.1) is 0 Å². The average Bonchev–Trinajstić information content (AvgIpc) is 2.75. The molecule has 1 nitrogen and oxygen atoms in total. The molecule has 0 aliphatic rings. The lowest BCUT2D eigenvalue weighted by molar-refractivity contribution is 0.551. The number of nitrogens with one attached hydrogen (secondary N) is 1. The molecule has 4 heteroatoms. The molecule has 1 unspecified atom stereocenters. The molecule has 0 spiro atoms. The zero-order valence-electron chi connectivity index (χ0n) is 10.1. The Labute approximate surface area is 134 Å². The minimum atomic E-state index is 0.397. The molecule has 0 saturated heterocycles. The predicted octanol–water partition coefficient (Wildman–Crippen LogP) is 5.01. The van der Waals surface area contributed by atoms with Gasteiger partial charge in [0.25, 0.3) is 0 Å². The molecule has 2 rings (SSSR count).